The van der Waals surface area contributed by atoms with E-state index in [4.69, 9.17) is 0 Å². The van der Waals surface area contributed by atoms with Gasteiger partial charge in [0, 0.05) is 11.0 Å². The monoisotopic (exact) mass is 296 g/mol. The maximum Gasteiger partial charge on any atom is 0.252 e. The molecule has 0 saturated carbocycles. The van der Waals surface area contributed by atoms with Crippen molar-refractivity contribution in [3.05, 3.63) is 33.8 Å². The van der Waals surface area contributed by atoms with Crippen LogP contribution in [0.25, 0.3) is 0 Å². The van der Waals surface area contributed by atoms with Crippen LogP contribution in [0.4, 0.5) is 0 Å². The van der Waals surface area contributed by atoms with E-state index in [0.717, 1.165) is 29.5 Å². The van der Waals surface area contributed by atoms with Crippen molar-refractivity contribution in [3.63, 3.8) is 0 Å². The number of rotatable bonds is 2. The van der Waals surface area contributed by atoms with E-state index in [9.17, 15) is 4.79 Å². The lowest BCUT2D eigenvalue weighted by atomic mass is 10.0. The Bertz CT molecular complexity index is 439. The second-order valence-corrected chi connectivity index (χ2v) is 5.67. The first-order valence-electron chi connectivity index (χ1n) is 5.80. The van der Waals surface area contributed by atoms with Crippen LogP contribution in [0, 0.1) is 6.92 Å². The first kappa shape index (κ1) is 12.6. The number of nitrogens with one attached hydrogen (secondary N) is 2. The van der Waals surface area contributed by atoms with Crippen molar-refractivity contribution < 1.29 is 4.79 Å². The number of halogens is 1. The summed E-state index contributed by atoms with van der Waals surface area (Å²) in [5.74, 6) is -0.00762. The first-order valence-corrected chi connectivity index (χ1v) is 6.59. The Balaban J connectivity index is 2.17. The summed E-state index contributed by atoms with van der Waals surface area (Å²) in [5, 5.41) is 6.38. The minimum Gasteiger partial charge on any atom is -0.346 e. The Hall–Kier alpha value is -0.870. The number of hydrogen-bond donors (Lipinski definition) is 2. The smallest absolute Gasteiger partial charge is 0.252 e. The van der Waals surface area contributed by atoms with Crippen LogP contribution in [0.3, 0.4) is 0 Å². The minimum absolute atomic E-state index is 0.00762. The van der Waals surface area contributed by atoms with Crippen LogP contribution in [-0.2, 0) is 0 Å². The van der Waals surface area contributed by atoms with E-state index in [0.29, 0.717) is 5.56 Å². The first-order chi connectivity index (χ1) is 8.02. The van der Waals surface area contributed by atoms with Gasteiger partial charge in [-0.1, -0.05) is 12.1 Å². The molecule has 1 atom stereocenters. The molecular weight excluding hydrogens is 280 g/mol. The second-order valence-electron chi connectivity index (χ2n) is 4.88. The number of benzene rings is 1. The summed E-state index contributed by atoms with van der Waals surface area (Å²) in [7, 11) is 0. The topological polar surface area (TPSA) is 41.1 Å². The molecule has 1 aliphatic rings. The molecule has 1 saturated heterocycles. The molecule has 1 aromatic carbocycles. The average molecular weight is 297 g/mol. The highest BCUT2D eigenvalue weighted by Crippen LogP contribution is 2.22. The molecule has 0 bridgehead atoms. The van der Waals surface area contributed by atoms with E-state index in [-0.39, 0.29) is 11.4 Å². The molecule has 0 aliphatic carbocycles. The molecule has 1 fully saturated rings. The van der Waals surface area contributed by atoms with Crippen molar-refractivity contribution in [1.29, 1.82) is 0 Å². The van der Waals surface area contributed by atoms with Crippen molar-refractivity contribution in [2.45, 2.75) is 25.8 Å². The summed E-state index contributed by atoms with van der Waals surface area (Å²) in [4.78, 5) is 12.2. The Morgan fingerprint density at radius 2 is 2.29 bits per heavy atom. The second kappa shape index (κ2) is 4.78. The molecule has 1 amide bonds. The van der Waals surface area contributed by atoms with Crippen LogP contribution >= 0.6 is 15.9 Å². The van der Waals surface area contributed by atoms with Gasteiger partial charge >= 0.3 is 0 Å². The molecule has 1 aromatic rings. The molecule has 1 aliphatic heterocycles. The van der Waals surface area contributed by atoms with Gasteiger partial charge in [-0.05, 0) is 54.4 Å². The van der Waals surface area contributed by atoms with E-state index in [2.05, 4.69) is 33.5 Å². The Kier molecular flexibility index (Phi) is 3.54. The number of amides is 1. The lowest BCUT2D eigenvalue weighted by Gasteiger charge is -2.24. The number of carbonyl (C=O) groups is 1. The zero-order valence-corrected chi connectivity index (χ0v) is 11.7. The van der Waals surface area contributed by atoms with Crippen molar-refractivity contribution in [2.75, 3.05) is 13.1 Å². The van der Waals surface area contributed by atoms with Gasteiger partial charge in [0.25, 0.3) is 5.91 Å². The van der Waals surface area contributed by atoms with Gasteiger partial charge in [-0.15, -0.1) is 0 Å². The normalized spacial score (nSPS) is 23.7. The van der Waals surface area contributed by atoms with E-state index in [1.807, 2.05) is 25.1 Å². The maximum absolute atomic E-state index is 12.2. The molecule has 17 heavy (non-hydrogen) atoms. The quantitative estimate of drug-likeness (QED) is 0.879. The summed E-state index contributed by atoms with van der Waals surface area (Å²) >= 11 is 3.47. The molecule has 1 heterocycles. The predicted molar refractivity (Wildman–Crippen MR) is 72.2 cm³/mol. The minimum atomic E-state index is -0.125. The molecule has 0 aromatic heterocycles. The van der Waals surface area contributed by atoms with Crippen LogP contribution in [0.15, 0.2) is 22.7 Å². The molecule has 2 N–H and O–H groups in total. The standard InChI is InChI=1S/C13H17BrN2O/c1-9-4-3-5-10(11(9)14)12(17)16-13(2)6-7-15-8-13/h3-5,15H,6-8H2,1-2H3,(H,16,17). The molecule has 4 heteroatoms. The highest BCUT2D eigenvalue weighted by Gasteiger charge is 2.30. The van der Waals surface area contributed by atoms with Gasteiger partial charge < -0.3 is 10.6 Å². The van der Waals surface area contributed by atoms with Gasteiger partial charge in [0.2, 0.25) is 0 Å². The van der Waals surface area contributed by atoms with Crippen LogP contribution in [-0.4, -0.2) is 24.5 Å². The molecule has 1 unspecified atom stereocenters. The molecule has 3 nitrogen and oxygen atoms in total. The summed E-state index contributed by atoms with van der Waals surface area (Å²) in [6.07, 6.45) is 0.974. The average Bonchev–Trinajstić information content (AvgIpc) is 2.68. The summed E-state index contributed by atoms with van der Waals surface area (Å²) in [5.41, 5.74) is 1.66. The van der Waals surface area contributed by atoms with Crippen molar-refractivity contribution >= 4 is 21.8 Å². The number of aryl methyl sites for hydroxylation is 1. The highest BCUT2D eigenvalue weighted by molar-refractivity contribution is 9.10. The fraction of sp³-hybridized carbons (Fsp3) is 0.462. The van der Waals surface area contributed by atoms with E-state index in [1.54, 1.807) is 0 Å². The Morgan fingerprint density at radius 3 is 2.94 bits per heavy atom. The molecule has 0 spiro atoms. The fourth-order valence-corrected chi connectivity index (χ4v) is 2.53. The summed E-state index contributed by atoms with van der Waals surface area (Å²) in [6, 6.07) is 5.74. The molecule has 92 valence electrons. The van der Waals surface area contributed by atoms with Gasteiger partial charge in [-0.3, -0.25) is 4.79 Å². The van der Waals surface area contributed by atoms with Crippen molar-refractivity contribution in [2.24, 2.45) is 0 Å². The number of carbonyl (C=O) groups excluding carboxylic acids is 1. The van der Waals surface area contributed by atoms with Gasteiger partial charge in [0.1, 0.15) is 0 Å². The van der Waals surface area contributed by atoms with Crippen LogP contribution in [0.5, 0.6) is 0 Å². The SMILES string of the molecule is Cc1cccc(C(=O)NC2(C)CCNC2)c1Br. The van der Waals surface area contributed by atoms with Crippen LogP contribution in [0.2, 0.25) is 0 Å². The lowest BCUT2D eigenvalue weighted by Crippen LogP contribution is -2.47. The fourth-order valence-electron chi connectivity index (χ4n) is 2.09. The summed E-state index contributed by atoms with van der Waals surface area (Å²) < 4.78 is 0.882. The maximum atomic E-state index is 12.2. The van der Waals surface area contributed by atoms with Crippen molar-refractivity contribution in [3.8, 4) is 0 Å². The van der Waals surface area contributed by atoms with E-state index in [1.165, 1.54) is 0 Å². The van der Waals surface area contributed by atoms with Gasteiger partial charge in [0.05, 0.1) is 11.1 Å². The lowest BCUT2D eigenvalue weighted by molar-refractivity contribution is 0.0912. The third-order valence-electron chi connectivity index (χ3n) is 3.22. The largest absolute Gasteiger partial charge is 0.346 e. The van der Waals surface area contributed by atoms with E-state index < -0.39 is 0 Å². The zero-order valence-electron chi connectivity index (χ0n) is 10.1. The molecular formula is C13H17BrN2O. The van der Waals surface area contributed by atoms with Gasteiger partial charge in [-0.2, -0.15) is 0 Å². The third kappa shape index (κ3) is 2.69. The van der Waals surface area contributed by atoms with Gasteiger partial charge in [-0.25, -0.2) is 0 Å². The predicted octanol–water partition coefficient (Wildman–Crippen LogP) is 2.24. The molecule has 0 radical (unpaired) electrons. The van der Waals surface area contributed by atoms with E-state index >= 15 is 0 Å². The van der Waals surface area contributed by atoms with Crippen molar-refractivity contribution in [1.82, 2.24) is 10.6 Å². The summed E-state index contributed by atoms with van der Waals surface area (Å²) in [6.45, 7) is 5.86. The van der Waals surface area contributed by atoms with Crippen LogP contribution in [0.1, 0.15) is 29.3 Å². The Morgan fingerprint density at radius 1 is 1.53 bits per heavy atom. The zero-order chi connectivity index (χ0) is 12.5. The molecule has 2 rings (SSSR count). The highest BCUT2D eigenvalue weighted by atomic mass is 79.9. The van der Waals surface area contributed by atoms with Gasteiger partial charge in [0.15, 0.2) is 0 Å². The third-order valence-corrected chi connectivity index (χ3v) is 4.27. The number of hydrogen-bond acceptors (Lipinski definition) is 2. The Labute approximate surface area is 110 Å². The van der Waals surface area contributed by atoms with Crippen LogP contribution < -0.4 is 10.6 Å².